The van der Waals surface area contributed by atoms with Crippen LogP contribution in [0, 0.1) is 0 Å². The molecule has 1 rings (SSSR count). The van der Waals surface area contributed by atoms with E-state index in [1.54, 1.807) is 26.0 Å². The van der Waals surface area contributed by atoms with Gasteiger partial charge >= 0.3 is 0 Å². The van der Waals surface area contributed by atoms with E-state index in [9.17, 15) is 9.90 Å². The lowest BCUT2D eigenvalue weighted by Crippen LogP contribution is -2.51. The Morgan fingerprint density at radius 2 is 2.17 bits per heavy atom. The second-order valence-corrected chi connectivity index (χ2v) is 5.71. The summed E-state index contributed by atoms with van der Waals surface area (Å²) in [5.41, 5.74) is 5.27. The summed E-state index contributed by atoms with van der Waals surface area (Å²) < 4.78 is 0.882. The lowest BCUT2D eigenvalue weighted by atomic mass is 9.97. The van der Waals surface area contributed by atoms with E-state index in [0.717, 1.165) is 16.5 Å². The Balaban J connectivity index is 3.03. The molecule has 0 saturated carbocycles. The maximum atomic E-state index is 11.3. The number of hydrogen-bond donors (Lipinski definition) is 3. The van der Waals surface area contributed by atoms with Gasteiger partial charge in [0.1, 0.15) is 5.75 Å². The van der Waals surface area contributed by atoms with E-state index >= 15 is 0 Å². The summed E-state index contributed by atoms with van der Waals surface area (Å²) in [5, 5.41) is 13.1. The molecule has 0 aromatic heterocycles. The fraction of sp³-hybridized carbons (Fsp3) is 0.462. The molecule has 0 aliphatic heterocycles. The fourth-order valence-electron chi connectivity index (χ4n) is 1.71. The normalized spacial score (nSPS) is 13.3. The average molecular weight is 315 g/mol. The Hall–Kier alpha value is -1.07. The quantitative estimate of drug-likeness (QED) is 0.781. The number of nitrogens with one attached hydrogen (secondary N) is 1. The van der Waals surface area contributed by atoms with Crippen LogP contribution in [0.25, 0.3) is 0 Å². The summed E-state index contributed by atoms with van der Waals surface area (Å²) in [4.78, 5) is 11.3. The predicted molar refractivity (Wildman–Crippen MR) is 75.2 cm³/mol. The second kappa shape index (κ2) is 5.71. The number of benzene rings is 1. The number of amides is 1. The van der Waals surface area contributed by atoms with Crippen molar-refractivity contribution in [1.82, 2.24) is 5.32 Å². The smallest absolute Gasteiger partial charge is 0.237 e. The number of primary amides is 1. The molecule has 0 fully saturated rings. The van der Waals surface area contributed by atoms with Gasteiger partial charge in [-0.3, -0.25) is 10.1 Å². The zero-order chi connectivity index (χ0) is 13.9. The number of aromatic hydroxyl groups is 1. The Bertz CT molecular complexity index is 447. The zero-order valence-corrected chi connectivity index (χ0v) is 12.4. The summed E-state index contributed by atoms with van der Waals surface area (Å²) in [6.07, 6.45) is 0.737. The fourth-order valence-corrected chi connectivity index (χ4v) is 2.09. The number of carbonyl (C=O) groups is 1. The highest BCUT2D eigenvalue weighted by Gasteiger charge is 2.28. The first-order chi connectivity index (χ1) is 8.27. The number of hydrogen-bond acceptors (Lipinski definition) is 3. The molecule has 1 unspecified atom stereocenters. The van der Waals surface area contributed by atoms with Crippen molar-refractivity contribution in [3.8, 4) is 5.75 Å². The first kappa shape index (κ1) is 15.0. The first-order valence-corrected chi connectivity index (χ1v) is 6.63. The molecule has 4 nitrogen and oxygen atoms in total. The number of carbonyl (C=O) groups excluding carboxylic acids is 1. The van der Waals surface area contributed by atoms with E-state index in [4.69, 9.17) is 5.73 Å². The molecule has 1 aromatic carbocycles. The van der Waals surface area contributed by atoms with Crippen LogP contribution in [0.5, 0.6) is 5.75 Å². The van der Waals surface area contributed by atoms with Gasteiger partial charge in [-0.15, -0.1) is 0 Å². The lowest BCUT2D eigenvalue weighted by molar-refractivity contribution is -0.123. The Morgan fingerprint density at radius 1 is 1.56 bits per heavy atom. The van der Waals surface area contributed by atoms with Gasteiger partial charge in [0.15, 0.2) is 0 Å². The number of phenolic OH excluding ortho intramolecular Hbond substituents is 1. The van der Waals surface area contributed by atoms with Crippen LogP contribution >= 0.6 is 15.9 Å². The van der Waals surface area contributed by atoms with E-state index in [1.807, 2.05) is 13.0 Å². The number of phenols is 1. The summed E-state index contributed by atoms with van der Waals surface area (Å²) in [5.74, 6) is -0.215. The summed E-state index contributed by atoms with van der Waals surface area (Å²) in [6, 6.07) is 5.10. The van der Waals surface area contributed by atoms with Gasteiger partial charge < -0.3 is 10.8 Å². The molecule has 0 radical (unpaired) electrons. The van der Waals surface area contributed by atoms with Gasteiger partial charge in [0.05, 0.1) is 5.54 Å². The van der Waals surface area contributed by atoms with E-state index in [1.165, 1.54) is 0 Å². The second-order valence-electron chi connectivity index (χ2n) is 4.80. The standard InChI is InChI=1S/C13H19BrN2O2/c1-4-10(16-13(2,3)12(15)18)9-7-8(14)5-6-11(9)17/h5-7,10,16-17H,4H2,1-3H3,(H2,15,18). The molecular weight excluding hydrogens is 296 g/mol. The molecule has 0 aliphatic rings. The molecule has 1 amide bonds. The molecule has 0 spiro atoms. The molecular formula is C13H19BrN2O2. The third-order valence-electron chi connectivity index (χ3n) is 2.92. The van der Waals surface area contributed by atoms with Crippen molar-refractivity contribution in [2.24, 2.45) is 5.73 Å². The minimum atomic E-state index is -0.824. The zero-order valence-electron chi connectivity index (χ0n) is 10.8. The monoisotopic (exact) mass is 314 g/mol. The predicted octanol–water partition coefficient (Wildman–Crippen LogP) is 2.46. The van der Waals surface area contributed by atoms with Gasteiger partial charge in [-0.25, -0.2) is 0 Å². The van der Waals surface area contributed by atoms with Gasteiger partial charge in [0, 0.05) is 16.1 Å². The van der Waals surface area contributed by atoms with E-state index in [0.29, 0.717) is 0 Å². The van der Waals surface area contributed by atoms with Crippen molar-refractivity contribution < 1.29 is 9.90 Å². The van der Waals surface area contributed by atoms with Crippen LogP contribution in [0.1, 0.15) is 38.8 Å². The van der Waals surface area contributed by atoms with E-state index in [2.05, 4.69) is 21.2 Å². The van der Waals surface area contributed by atoms with Crippen LogP contribution in [0.3, 0.4) is 0 Å². The molecule has 5 heteroatoms. The number of halogens is 1. The average Bonchev–Trinajstić information content (AvgIpc) is 2.29. The van der Waals surface area contributed by atoms with Crippen LogP contribution in [0.2, 0.25) is 0 Å². The Kier molecular flexibility index (Phi) is 4.76. The topological polar surface area (TPSA) is 75.3 Å². The summed E-state index contributed by atoms with van der Waals surface area (Å²) in [7, 11) is 0. The highest BCUT2D eigenvalue weighted by atomic mass is 79.9. The minimum absolute atomic E-state index is 0.134. The van der Waals surface area contributed by atoms with Gasteiger partial charge in [0.2, 0.25) is 5.91 Å². The largest absolute Gasteiger partial charge is 0.508 e. The van der Waals surface area contributed by atoms with Crippen molar-refractivity contribution in [3.05, 3.63) is 28.2 Å². The van der Waals surface area contributed by atoms with Crippen LogP contribution < -0.4 is 11.1 Å². The maximum absolute atomic E-state index is 11.3. The molecule has 18 heavy (non-hydrogen) atoms. The number of nitrogens with two attached hydrogens (primary N) is 1. The van der Waals surface area contributed by atoms with Gasteiger partial charge in [0.25, 0.3) is 0 Å². The Morgan fingerprint density at radius 3 is 2.67 bits per heavy atom. The molecule has 0 bridgehead atoms. The SMILES string of the molecule is CCC(NC(C)(C)C(N)=O)c1cc(Br)ccc1O. The van der Waals surface area contributed by atoms with Crippen LogP contribution in [-0.2, 0) is 4.79 Å². The maximum Gasteiger partial charge on any atom is 0.237 e. The minimum Gasteiger partial charge on any atom is -0.508 e. The van der Waals surface area contributed by atoms with Crippen LogP contribution in [0.15, 0.2) is 22.7 Å². The lowest BCUT2D eigenvalue weighted by Gasteiger charge is -2.29. The number of rotatable bonds is 5. The van der Waals surface area contributed by atoms with Crippen molar-refractivity contribution in [1.29, 1.82) is 0 Å². The molecule has 100 valence electrons. The molecule has 0 heterocycles. The molecule has 0 aliphatic carbocycles. The summed E-state index contributed by atoms with van der Waals surface area (Å²) in [6.45, 7) is 5.44. The molecule has 0 saturated heterocycles. The van der Waals surface area contributed by atoms with Gasteiger partial charge in [-0.05, 0) is 38.5 Å². The van der Waals surface area contributed by atoms with Crippen LogP contribution in [0.4, 0.5) is 0 Å². The highest BCUT2D eigenvalue weighted by Crippen LogP contribution is 2.30. The Labute approximate surface area is 116 Å². The van der Waals surface area contributed by atoms with Gasteiger partial charge in [-0.2, -0.15) is 0 Å². The van der Waals surface area contributed by atoms with Crippen molar-refractivity contribution in [2.75, 3.05) is 0 Å². The highest BCUT2D eigenvalue weighted by molar-refractivity contribution is 9.10. The third-order valence-corrected chi connectivity index (χ3v) is 3.42. The van der Waals surface area contributed by atoms with Crippen LogP contribution in [-0.4, -0.2) is 16.6 Å². The summed E-state index contributed by atoms with van der Waals surface area (Å²) >= 11 is 3.37. The van der Waals surface area contributed by atoms with Crippen molar-refractivity contribution in [3.63, 3.8) is 0 Å². The molecule has 4 N–H and O–H groups in total. The van der Waals surface area contributed by atoms with E-state index in [-0.39, 0.29) is 11.8 Å². The third kappa shape index (κ3) is 3.46. The van der Waals surface area contributed by atoms with Crippen molar-refractivity contribution in [2.45, 2.75) is 38.8 Å². The van der Waals surface area contributed by atoms with Crippen molar-refractivity contribution >= 4 is 21.8 Å². The van der Waals surface area contributed by atoms with E-state index < -0.39 is 11.4 Å². The molecule has 1 aromatic rings. The molecule has 1 atom stereocenters. The van der Waals surface area contributed by atoms with Gasteiger partial charge in [-0.1, -0.05) is 22.9 Å². The first-order valence-electron chi connectivity index (χ1n) is 5.84.